The van der Waals surface area contributed by atoms with Crippen LogP contribution < -0.4 is 4.74 Å². The Balaban J connectivity index is 2.72. The topological polar surface area (TPSA) is 42.2 Å². The molecule has 0 aromatic heterocycles. The normalized spacial score (nSPS) is 9.50. The number of hydrogen-bond donors (Lipinski definition) is 0. The maximum absolute atomic E-state index is 8.78. The summed E-state index contributed by atoms with van der Waals surface area (Å²) >= 11 is 5.73. The van der Waals surface area contributed by atoms with Crippen molar-refractivity contribution in [2.45, 2.75) is 0 Å². The molecule has 1 aromatic rings. The van der Waals surface area contributed by atoms with Gasteiger partial charge in [0, 0.05) is 12.1 Å². The third-order valence-electron chi connectivity index (χ3n) is 1.61. The van der Waals surface area contributed by atoms with Crippen molar-refractivity contribution in [2.24, 2.45) is 0 Å². The van der Waals surface area contributed by atoms with Crippen LogP contribution in [0.5, 0.6) is 5.75 Å². The lowest BCUT2D eigenvalue weighted by Gasteiger charge is -2.06. The van der Waals surface area contributed by atoms with Gasteiger partial charge in [0.25, 0.3) is 0 Å². The van der Waals surface area contributed by atoms with Gasteiger partial charge in [-0.15, -0.1) is 0 Å². The van der Waals surface area contributed by atoms with Crippen molar-refractivity contribution in [1.29, 1.82) is 5.26 Å². The van der Waals surface area contributed by atoms with Crippen molar-refractivity contribution >= 4 is 11.6 Å². The van der Waals surface area contributed by atoms with Gasteiger partial charge in [-0.25, -0.2) is 0 Å². The van der Waals surface area contributed by atoms with E-state index in [9.17, 15) is 0 Å². The van der Waals surface area contributed by atoms with Crippen molar-refractivity contribution in [3.8, 4) is 11.8 Å². The maximum atomic E-state index is 8.78. The van der Waals surface area contributed by atoms with E-state index in [-0.39, 0.29) is 0 Å². The number of rotatable bonds is 4. The molecule has 0 atom stereocenters. The van der Waals surface area contributed by atoms with Crippen molar-refractivity contribution in [1.82, 2.24) is 0 Å². The van der Waals surface area contributed by atoms with Gasteiger partial charge in [-0.3, -0.25) is 0 Å². The molecule has 0 aliphatic heterocycles. The van der Waals surface area contributed by atoms with E-state index in [1.807, 2.05) is 6.07 Å². The highest BCUT2D eigenvalue weighted by Crippen LogP contribution is 2.21. The van der Waals surface area contributed by atoms with E-state index in [0.717, 1.165) is 0 Å². The summed E-state index contributed by atoms with van der Waals surface area (Å²) in [6, 6.07) is 6.95. The first-order valence-electron chi connectivity index (χ1n) is 4.09. The highest BCUT2D eigenvalue weighted by molar-refractivity contribution is 6.30. The first kappa shape index (κ1) is 10.8. The van der Waals surface area contributed by atoms with Crippen LogP contribution in [0.3, 0.4) is 0 Å². The Bertz CT molecular complexity index is 346. The van der Waals surface area contributed by atoms with E-state index in [0.29, 0.717) is 29.5 Å². The van der Waals surface area contributed by atoms with Gasteiger partial charge in [-0.05, 0) is 18.2 Å². The number of halogens is 1. The summed E-state index contributed by atoms with van der Waals surface area (Å²) in [5.41, 5.74) is 0.439. The summed E-state index contributed by atoms with van der Waals surface area (Å²) in [5.74, 6) is 0.536. The van der Waals surface area contributed by atoms with Crippen LogP contribution in [0.4, 0.5) is 0 Å². The average Bonchev–Trinajstić information content (AvgIpc) is 2.20. The molecule has 0 bridgehead atoms. The Labute approximate surface area is 87.8 Å². The van der Waals surface area contributed by atoms with Gasteiger partial charge in [0.2, 0.25) is 0 Å². The number of nitriles is 1. The van der Waals surface area contributed by atoms with Crippen LogP contribution in [-0.4, -0.2) is 20.3 Å². The van der Waals surface area contributed by atoms with Crippen molar-refractivity contribution in [3.63, 3.8) is 0 Å². The summed E-state index contributed by atoms with van der Waals surface area (Å²) < 4.78 is 10.1. The van der Waals surface area contributed by atoms with E-state index in [4.69, 9.17) is 26.3 Å². The Morgan fingerprint density at radius 3 is 2.86 bits per heavy atom. The summed E-state index contributed by atoms with van der Waals surface area (Å²) in [5, 5.41) is 9.31. The molecule has 74 valence electrons. The third kappa shape index (κ3) is 2.91. The Hall–Kier alpha value is -1.24. The van der Waals surface area contributed by atoms with Crippen LogP contribution in [0.15, 0.2) is 18.2 Å². The van der Waals surface area contributed by atoms with Crippen LogP contribution in [0.2, 0.25) is 5.02 Å². The molecular weight excluding hydrogens is 202 g/mol. The van der Waals surface area contributed by atoms with Gasteiger partial charge in [-0.1, -0.05) is 11.6 Å². The Morgan fingerprint density at radius 1 is 1.43 bits per heavy atom. The fourth-order valence-electron chi connectivity index (χ4n) is 0.950. The van der Waals surface area contributed by atoms with Crippen molar-refractivity contribution in [2.75, 3.05) is 20.3 Å². The van der Waals surface area contributed by atoms with Gasteiger partial charge < -0.3 is 9.47 Å². The molecule has 3 nitrogen and oxygen atoms in total. The predicted molar refractivity (Wildman–Crippen MR) is 53.5 cm³/mol. The molecule has 0 aliphatic rings. The van der Waals surface area contributed by atoms with Crippen molar-refractivity contribution in [3.05, 3.63) is 28.8 Å². The highest BCUT2D eigenvalue weighted by atomic mass is 35.5. The second-order valence-electron chi connectivity index (χ2n) is 2.59. The van der Waals surface area contributed by atoms with Crippen LogP contribution >= 0.6 is 11.6 Å². The van der Waals surface area contributed by atoms with E-state index in [1.165, 1.54) is 0 Å². The Morgan fingerprint density at radius 2 is 2.21 bits per heavy atom. The van der Waals surface area contributed by atoms with E-state index >= 15 is 0 Å². The molecule has 0 heterocycles. The molecule has 0 saturated carbocycles. The van der Waals surface area contributed by atoms with Gasteiger partial charge in [-0.2, -0.15) is 5.26 Å². The largest absolute Gasteiger partial charge is 0.490 e. The Kier molecular flexibility index (Phi) is 4.24. The first-order chi connectivity index (χ1) is 6.77. The van der Waals surface area contributed by atoms with E-state index in [2.05, 4.69) is 0 Å². The number of methoxy groups -OCH3 is 1. The van der Waals surface area contributed by atoms with Crippen LogP contribution in [0.1, 0.15) is 5.56 Å². The molecule has 0 radical (unpaired) electrons. The second-order valence-corrected chi connectivity index (χ2v) is 3.03. The standard InChI is InChI=1S/C10H10ClNO2/c1-13-4-5-14-10-3-2-9(11)6-8(10)7-12/h2-3,6H,4-5H2,1H3. The molecule has 0 N–H and O–H groups in total. The first-order valence-corrected chi connectivity index (χ1v) is 4.47. The van der Waals surface area contributed by atoms with Gasteiger partial charge in [0.15, 0.2) is 0 Å². The van der Waals surface area contributed by atoms with E-state index in [1.54, 1.807) is 25.3 Å². The molecule has 0 unspecified atom stereocenters. The van der Waals surface area contributed by atoms with Crippen LogP contribution in [0, 0.1) is 11.3 Å². The third-order valence-corrected chi connectivity index (χ3v) is 1.84. The lowest BCUT2D eigenvalue weighted by Crippen LogP contribution is -2.05. The fourth-order valence-corrected chi connectivity index (χ4v) is 1.12. The molecule has 14 heavy (non-hydrogen) atoms. The maximum Gasteiger partial charge on any atom is 0.137 e. The average molecular weight is 212 g/mol. The summed E-state index contributed by atoms with van der Waals surface area (Å²) in [6.07, 6.45) is 0. The molecule has 0 saturated heterocycles. The summed E-state index contributed by atoms with van der Waals surface area (Å²) in [7, 11) is 1.59. The lowest BCUT2D eigenvalue weighted by atomic mass is 10.2. The van der Waals surface area contributed by atoms with Crippen LogP contribution in [-0.2, 0) is 4.74 Å². The lowest BCUT2D eigenvalue weighted by molar-refractivity contribution is 0.146. The number of nitrogens with zero attached hydrogens (tertiary/aromatic N) is 1. The fraction of sp³-hybridized carbons (Fsp3) is 0.300. The zero-order valence-corrected chi connectivity index (χ0v) is 8.54. The van der Waals surface area contributed by atoms with Gasteiger partial charge in [0.1, 0.15) is 18.4 Å². The van der Waals surface area contributed by atoms with E-state index < -0.39 is 0 Å². The minimum Gasteiger partial charge on any atom is -0.490 e. The predicted octanol–water partition coefficient (Wildman–Crippen LogP) is 2.24. The van der Waals surface area contributed by atoms with Gasteiger partial charge in [0.05, 0.1) is 12.2 Å². The minimum absolute atomic E-state index is 0.423. The molecule has 0 spiro atoms. The minimum atomic E-state index is 0.423. The molecule has 0 aliphatic carbocycles. The molecule has 0 amide bonds. The zero-order chi connectivity index (χ0) is 10.4. The molecular formula is C10H10ClNO2. The smallest absolute Gasteiger partial charge is 0.137 e. The molecule has 4 heteroatoms. The SMILES string of the molecule is COCCOc1ccc(Cl)cc1C#N. The zero-order valence-electron chi connectivity index (χ0n) is 7.79. The number of hydrogen-bond acceptors (Lipinski definition) is 3. The monoisotopic (exact) mass is 211 g/mol. The van der Waals surface area contributed by atoms with Crippen molar-refractivity contribution < 1.29 is 9.47 Å². The van der Waals surface area contributed by atoms with Gasteiger partial charge >= 0.3 is 0 Å². The summed E-state index contributed by atoms with van der Waals surface area (Å²) in [6.45, 7) is 0.917. The highest BCUT2D eigenvalue weighted by Gasteiger charge is 2.03. The molecule has 0 fully saturated rings. The molecule has 1 aromatic carbocycles. The quantitative estimate of drug-likeness (QED) is 0.718. The molecule has 1 rings (SSSR count). The number of ether oxygens (including phenoxy) is 2. The second kappa shape index (κ2) is 5.48. The summed E-state index contributed by atoms with van der Waals surface area (Å²) in [4.78, 5) is 0. The van der Waals surface area contributed by atoms with Crippen LogP contribution in [0.25, 0.3) is 0 Å². The number of benzene rings is 1.